The van der Waals surface area contributed by atoms with Crippen molar-refractivity contribution in [1.82, 2.24) is 4.90 Å². The van der Waals surface area contributed by atoms with Crippen molar-refractivity contribution in [3.05, 3.63) is 0 Å². The first-order chi connectivity index (χ1) is 9.82. The summed E-state index contributed by atoms with van der Waals surface area (Å²) in [6.45, 7) is 3.22. The highest BCUT2D eigenvalue weighted by molar-refractivity contribution is 5.85. The van der Waals surface area contributed by atoms with E-state index in [0.717, 1.165) is 0 Å². The topological polar surface area (TPSA) is 87.1 Å². The normalized spacial score (nSPS) is 31.9. The Kier molecular flexibility index (Phi) is 4.88. The number of hydrogen-bond donors (Lipinski definition) is 2. The van der Waals surface area contributed by atoms with Crippen LogP contribution in [-0.4, -0.2) is 59.4 Å². The van der Waals surface area contributed by atoms with Crippen LogP contribution in [0, 0.1) is 17.8 Å². The third-order valence-corrected chi connectivity index (χ3v) is 4.76. The molecule has 21 heavy (non-hydrogen) atoms. The predicted molar refractivity (Wildman–Crippen MR) is 75.7 cm³/mol. The van der Waals surface area contributed by atoms with Crippen molar-refractivity contribution >= 4 is 11.9 Å². The van der Waals surface area contributed by atoms with Crippen LogP contribution in [-0.2, 0) is 14.3 Å². The number of carboxylic acid groups (broad SMARTS) is 1. The van der Waals surface area contributed by atoms with Crippen LogP contribution < -0.4 is 0 Å². The molecule has 2 rings (SSSR count). The average molecular weight is 299 g/mol. The van der Waals surface area contributed by atoms with Crippen LogP contribution in [0.25, 0.3) is 0 Å². The molecule has 1 heterocycles. The molecule has 1 amide bonds. The van der Waals surface area contributed by atoms with Crippen molar-refractivity contribution in [3.63, 3.8) is 0 Å². The molecular formula is C15H25NO5. The van der Waals surface area contributed by atoms with Gasteiger partial charge in [0, 0.05) is 39.6 Å². The number of amides is 1. The highest BCUT2D eigenvalue weighted by Crippen LogP contribution is 2.37. The van der Waals surface area contributed by atoms with E-state index in [0.29, 0.717) is 38.9 Å². The molecule has 1 unspecified atom stereocenters. The lowest BCUT2D eigenvalue weighted by Gasteiger charge is -2.36. The van der Waals surface area contributed by atoms with E-state index in [9.17, 15) is 19.8 Å². The van der Waals surface area contributed by atoms with Crippen LogP contribution in [0.1, 0.15) is 32.6 Å². The minimum absolute atomic E-state index is 0.160. The largest absolute Gasteiger partial charge is 0.481 e. The number of aliphatic carboxylic acids is 1. The summed E-state index contributed by atoms with van der Waals surface area (Å²) in [6.07, 6.45) is 2.18. The number of carboxylic acids is 1. The summed E-state index contributed by atoms with van der Waals surface area (Å²) in [4.78, 5) is 25.3. The van der Waals surface area contributed by atoms with Gasteiger partial charge in [-0.25, -0.2) is 0 Å². The van der Waals surface area contributed by atoms with Gasteiger partial charge >= 0.3 is 5.97 Å². The number of likely N-dealkylation sites (N-methyl/N-ethyl adjacent to an activating group) is 1. The molecule has 3 atom stereocenters. The van der Waals surface area contributed by atoms with Gasteiger partial charge in [0.1, 0.15) is 0 Å². The fraction of sp³-hybridized carbons (Fsp3) is 0.867. The number of nitrogens with zero attached hydrogens (tertiary/aromatic N) is 1. The quantitative estimate of drug-likeness (QED) is 0.799. The molecule has 1 aliphatic heterocycles. The average Bonchev–Trinajstić information content (AvgIpc) is 2.80. The van der Waals surface area contributed by atoms with Gasteiger partial charge in [-0.3, -0.25) is 9.59 Å². The van der Waals surface area contributed by atoms with Crippen LogP contribution in [0.3, 0.4) is 0 Å². The molecule has 1 saturated carbocycles. The lowest BCUT2D eigenvalue weighted by molar-refractivity contribution is -0.150. The molecular weight excluding hydrogens is 274 g/mol. The molecule has 0 aromatic heterocycles. The number of carbonyl (C=O) groups excluding carboxylic acids is 1. The molecule has 2 N–H and O–H groups in total. The minimum Gasteiger partial charge on any atom is -0.481 e. The maximum atomic E-state index is 12.5. The zero-order valence-electron chi connectivity index (χ0n) is 12.7. The van der Waals surface area contributed by atoms with Crippen LogP contribution in [0.2, 0.25) is 0 Å². The van der Waals surface area contributed by atoms with E-state index >= 15 is 0 Å². The van der Waals surface area contributed by atoms with Crippen LogP contribution >= 0.6 is 0 Å². The zero-order valence-corrected chi connectivity index (χ0v) is 12.7. The summed E-state index contributed by atoms with van der Waals surface area (Å²) in [5.74, 6) is -1.87. The van der Waals surface area contributed by atoms with E-state index in [1.165, 1.54) is 4.90 Å². The highest BCUT2D eigenvalue weighted by atomic mass is 16.5. The molecule has 0 bridgehead atoms. The Morgan fingerprint density at radius 3 is 2.38 bits per heavy atom. The predicted octanol–water partition coefficient (Wildman–Crippen LogP) is 0.733. The number of ether oxygens (including phenoxy) is 1. The van der Waals surface area contributed by atoms with Crippen molar-refractivity contribution < 1.29 is 24.5 Å². The molecule has 6 heteroatoms. The summed E-state index contributed by atoms with van der Waals surface area (Å²) in [5, 5.41) is 19.7. The maximum Gasteiger partial charge on any atom is 0.307 e. The lowest BCUT2D eigenvalue weighted by Crippen LogP contribution is -2.49. The second-order valence-electron chi connectivity index (χ2n) is 6.66. The first kappa shape index (κ1) is 16.2. The SMILES string of the molecule is CC1C[C@H](C(=O)N(C)CC2(O)CCOCC2)[C@H](C(=O)O)C1. The molecule has 2 aliphatic rings. The van der Waals surface area contributed by atoms with Crippen LogP contribution in [0.15, 0.2) is 0 Å². The minimum atomic E-state index is -0.911. The van der Waals surface area contributed by atoms with Gasteiger partial charge in [-0.15, -0.1) is 0 Å². The second kappa shape index (κ2) is 6.32. The number of aliphatic hydroxyl groups is 1. The second-order valence-corrected chi connectivity index (χ2v) is 6.66. The fourth-order valence-corrected chi connectivity index (χ4v) is 3.55. The van der Waals surface area contributed by atoms with E-state index in [1.807, 2.05) is 6.92 Å². The van der Waals surface area contributed by atoms with E-state index < -0.39 is 23.4 Å². The summed E-state index contributed by atoms with van der Waals surface area (Å²) in [6, 6.07) is 0. The first-order valence-electron chi connectivity index (χ1n) is 7.60. The summed E-state index contributed by atoms with van der Waals surface area (Å²) >= 11 is 0. The molecule has 2 fully saturated rings. The van der Waals surface area contributed by atoms with Crippen LogP contribution in [0.4, 0.5) is 0 Å². The van der Waals surface area contributed by atoms with Gasteiger partial charge < -0.3 is 19.8 Å². The van der Waals surface area contributed by atoms with Gasteiger partial charge in [-0.1, -0.05) is 6.92 Å². The zero-order chi connectivity index (χ0) is 15.6. The van der Waals surface area contributed by atoms with Gasteiger partial charge in [0.05, 0.1) is 17.4 Å². The Hall–Kier alpha value is -1.14. The summed E-state index contributed by atoms with van der Waals surface area (Å²) in [7, 11) is 1.65. The molecule has 0 aromatic carbocycles. The third kappa shape index (κ3) is 3.74. The number of rotatable bonds is 4. The molecule has 6 nitrogen and oxygen atoms in total. The Morgan fingerprint density at radius 2 is 1.81 bits per heavy atom. The Labute approximate surface area is 125 Å². The van der Waals surface area contributed by atoms with Gasteiger partial charge in [-0.2, -0.15) is 0 Å². The van der Waals surface area contributed by atoms with Crippen LogP contribution in [0.5, 0.6) is 0 Å². The van der Waals surface area contributed by atoms with Crippen molar-refractivity contribution in [2.75, 3.05) is 26.8 Å². The fourth-order valence-electron chi connectivity index (χ4n) is 3.55. The summed E-state index contributed by atoms with van der Waals surface area (Å²) in [5.41, 5.74) is -0.911. The molecule has 1 saturated heterocycles. The van der Waals surface area contributed by atoms with Crippen molar-refractivity contribution in [2.45, 2.75) is 38.2 Å². The first-order valence-corrected chi connectivity index (χ1v) is 7.60. The van der Waals surface area contributed by atoms with E-state index in [1.54, 1.807) is 7.05 Å². The smallest absolute Gasteiger partial charge is 0.307 e. The van der Waals surface area contributed by atoms with Gasteiger partial charge in [-0.05, 0) is 18.8 Å². The van der Waals surface area contributed by atoms with E-state index in [4.69, 9.17) is 4.74 Å². The van der Waals surface area contributed by atoms with Crippen molar-refractivity contribution in [3.8, 4) is 0 Å². The van der Waals surface area contributed by atoms with Gasteiger partial charge in [0.25, 0.3) is 0 Å². The Balaban J connectivity index is 1.99. The monoisotopic (exact) mass is 299 g/mol. The van der Waals surface area contributed by atoms with E-state index in [-0.39, 0.29) is 18.4 Å². The maximum absolute atomic E-state index is 12.5. The number of hydrogen-bond acceptors (Lipinski definition) is 4. The summed E-state index contributed by atoms with van der Waals surface area (Å²) < 4.78 is 5.23. The Morgan fingerprint density at radius 1 is 1.24 bits per heavy atom. The van der Waals surface area contributed by atoms with E-state index in [2.05, 4.69) is 0 Å². The molecule has 0 aromatic rings. The Bertz CT molecular complexity index is 405. The lowest BCUT2D eigenvalue weighted by atomic mass is 9.91. The third-order valence-electron chi connectivity index (χ3n) is 4.76. The standard InChI is InChI=1S/C15H25NO5/c1-10-7-11(12(8-10)14(18)19)13(17)16(2)9-15(20)3-5-21-6-4-15/h10-12,20H,3-9H2,1-2H3,(H,18,19)/t10?,11-,12+/m0/s1. The van der Waals surface area contributed by atoms with Gasteiger partial charge in [0.2, 0.25) is 5.91 Å². The molecule has 0 spiro atoms. The molecule has 0 radical (unpaired) electrons. The highest BCUT2D eigenvalue weighted by Gasteiger charge is 2.43. The molecule has 1 aliphatic carbocycles. The number of carbonyl (C=O) groups is 2. The van der Waals surface area contributed by atoms with Crippen molar-refractivity contribution in [1.29, 1.82) is 0 Å². The van der Waals surface area contributed by atoms with Gasteiger partial charge in [0.15, 0.2) is 0 Å². The van der Waals surface area contributed by atoms with Crippen molar-refractivity contribution in [2.24, 2.45) is 17.8 Å². The molecule has 120 valence electrons.